The molecule has 0 aromatic carbocycles. The standard InChI is InChI=1S/C13H25N/c1-11(2,3)13(9-10-13)8-6-7-12(4,5)14/h6-7H,8-10,14H2,1-5H3. The van der Waals surface area contributed by atoms with Gasteiger partial charge in [-0.05, 0) is 43.9 Å². The Kier molecular flexibility index (Phi) is 2.84. The summed E-state index contributed by atoms with van der Waals surface area (Å²) in [5.41, 5.74) is 6.75. The molecule has 0 atom stereocenters. The summed E-state index contributed by atoms with van der Waals surface area (Å²) in [6.07, 6.45) is 8.37. The average Bonchev–Trinajstić information content (AvgIpc) is 2.63. The van der Waals surface area contributed by atoms with Crippen LogP contribution in [0.2, 0.25) is 0 Å². The molecule has 1 saturated carbocycles. The third kappa shape index (κ3) is 2.84. The van der Waals surface area contributed by atoms with Crippen LogP contribution in [0.25, 0.3) is 0 Å². The van der Waals surface area contributed by atoms with Gasteiger partial charge in [-0.3, -0.25) is 0 Å². The topological polar surface area (TPSA) is 26.0 Å². The minimum absolute atomic E-state index is 0.159. The van der Waals surface area contributed by atoms with Crippen LogP contribution in [0.5, 0.6) is 0 Å². The van der Waals surface area contributed by atoms with Crippen molar-refractivity contribution in [2.75, 3.05) is 0 Å². The van der Waals surface area contributed by atoms with Crippen molar-refractivity contribution in [2.24, 2.45) is 16.6 Å². The quantitative estimate of drug-likeness (QED) is 0.685. The van der Waals surface area contributed by atoms with Crippen LogP contribution in [0.1, 0.15) is 53.9 Å². The normalized spacial score (nSPS) is 21.6. The molecule has 0 aromatic heterocycles. The van der Waals surface area contributed by atoms with Crippen LogP contribution in [0, 0.1) is 10.8 Å². The minimum atomic E-state index is -0.159. The summed E-state index contributed by atoms with van der Waals surface area (Å²) in [7, 11) is 0. The number of hydrogen-bond acceptors (Lipinski definition) is 1. The molecule has 1 aliphatic carbocycles. The fraction of sp³-hybridized carbons (Fsp3) is 0.846. The van der Waals surface area contributed by atoms with Gasteiger partial charge in [0.05, 0.1) is 0 Å². The molecule has 82 valence electrons. The maximum atomic E-state index is 5.91. The molecule has 0 bridgehead atoms. The van der Waals surface area contributed by atoms with E-state index in [0.29, 0.717) is 10.8 Å². The van der Waals surface area contributed by atoms with Crippen molar-refractivity contribution < 1.29 is 0 Å². The number of nitrogens with two attached hydrogens (primary N) is 1. The zero-order chi connectivity index (χ0) is 11.0. The molecular weight excluding hydrogens is 170 g/mol. The van der Waals surface area contributed by atoms with Crippen molar-refractivity contribution in [3.8, 4) is 0 Å². The van der Waals surface area contributed by atoms with Crippen LogP contribution in [-0.2, 0) is 0 Å². The lowest BCUT2D eigenvalue weighted by atomic mass is 9.75. The van der Waals surface area contributed by atoms with Crippen molar-refractivity contribution in [3.63, 3.8) is 0 Å². The number of hydrogen-bond donors (Lipinski definition) is 1. The largest absolute Gasteiger partial charge is 0.322 e. The highest BCUT2D eigenvalue weighted by molar-refractivity contribution is 5.08. The Morgan fingerprint density at radius 2 is 1.64 bits per heavy atom. The van der Waals surface area contributed by atoms with E-state index in [-0.39, 0.29) is 5.54 Å². The molecule has 2 N–H and O–H groups in total. The Labute approximate surface area is 88.8 Å². The Morgan fingerprint density at radius 1 is 1.14 bits per heavy atom. The van der Waals surface area contributed by atoms with E-state index in [1.165, 1.54) is 19.3 Å². The van der Waals surface area contributed by atoms with Crippen molar-refractivity contribution in [1.29, 1.82) is 0 Å². The summed E-state index contributed by atoms with van der Waals surface area (Å²) >= 11 is 0. The first-order chi connectivity index (χ1) is 6.16. The second-order valence-electron chi connectivity index (χ2n) is 6.46. The van der Waals surface area contributed by atoms with E-state index in [2.05, 4.69) is 32.9 Å². The van der Waals surface area contributed by atoms with E-state index in [1.807, 2.05) is 13.8 Å². The smallest absolute Gasteiger partial charge is 0.0281 e. The van der Waals surface area contributed by atoms with Gasteiger partial charge >= 0.3 is 0 Å². The molecule has 0 unspecified atom stereocenters. The van der Waals surface area contributed by atoms with Gasteiger partial charge in [-0.2, -0.15) is 0 Å². The lowest BCUT2D eigenvalue weighted by Crippen LogP contribution is -2.29. The third-order valence-electron chi connectivity index (χ3n) is 3.50. The maximum absolute atomic E-state index is 5.91. The number of allylic oxidation sites excluding steroid dienone is 1. The molecule has 1 fully saturated rings. The predicted octanol–water partition coefficient (Wildman–Crippen LogP) is 3.50. The summed E-state index contributed by atoms with van der Waals surface area (Å²) in [6, 6.07) is 0. The van der Waals surface area contributed by atoms with Gasteiger partial charge in [0.2, 0.25) is 0 Å². The van der Waals surface area contributed by atoms with Gasteiger partial charge in [0.25, 0.3) is 0 Å². The number of rotatable bonds is 3. The fourth-order valence-corrected chi connectivity index (χ4v) is 2.00. The van der Waals surface area contributed by atoms with Crippen LogP contribution in [0.4, 0.5) is 0 Å². The zero-order valence-corrected chi connectivity index (χ0v) is 10.4. The molecule has 1 aliphatic rings. The Bertz CT molecular complexity index is 221. The first-order valence-corrected chi connectivity index (χ1v) is 5.63. The fourth-order valence-electron chi connectivity index (χ4n) is 2.00. The molecule has 0 aliphatic heterocycles. The van der Waals surface area contributed by atoms with Gasteiger partial charge in [-0.15, -0.1) is 0 Å². The predicted molar refractivity (Wildman–Crippen MR) is 63.1 cm³/mol. The summed E-state index contributed by atoms with van der Waals surface area (Å²) in [5.74, 6) is 0. The van der Waals surface area contributed by atoms with E-state index >= 15 is 0 Å². The van der Waals surface area contributed by atoms with Crippen LogP contribution >= 0.6 is 0 Å². The molecule has 1 rings (SSSR count). The van der Waals surface area contributed by atoms with Crippen molar-refractivity contribution >= 4 is 0 Å². The van der Waals surface area contributed by atoms with Gasteiger partial charge in [0, 0.05) is 5.54 Å². The zero-order valence-electron chi connectivity index (χ0n) is 10.4. The van der Waals surface area contributed by atoms with Crippen molar-refractivity contribution in [3.05, 3.63) is 12.2 Å². The molecule has 0 amide bonds. The average molecular weight is 195 g/mol. The summed E-state index contributed by atoms with van der Waals surface area (Å²) in [4.78, 5) is 0. The Morgan fingerprint density at radius 3 is 1.93 bits per heavy atom. The second kappa shape index (κ2) is 3.37. The van der Waals surface area contributed by atoms with Gasteiger partial charge in [-0.25, -0.2) is 0 Å². The van der Waals surface area contributed by atoms with Gasteiger partial charge in [0.1, 0.15) is 0 Å². The van der Waals surface area contributed by atoms with E-state index in [0.717, 1.165) is 0 Å². The molecule has 0 radical (unpaired) electrons. The molecule has 0 aromatic rings. The Hall–Kier alpha value is -0.300. The van der Waals surface area contributed by atoms with Crippen LogP contribution in [-0.4, -0.2) is 5.54 Å². The van der Waals surface area contributed by atoms with Crippen LogP contribution in [0.15, 0.2) is 12.2 Å². The molecule has 0 heterocycles. The molecule has 0 spiro atoms. The first-order valence-electron chi connectivity index (χ1n) is 5.63. The minimum Gasteiger partial charge on any atom is -0.322 e. The molecular formula is C13H25N. The van der Waals surface area contributed by atoms with Gasteiger partial charge in [-0.1, -0.05) is 32.9 Å². The van der Waals surface area contributed by atoms with E-state index in [4.69, 9.17) is 5.73 Å². The van der Waals surface area contributed by atoms with Crippen LogP contribution < -0.4 is 5.73 Å². The molecule has 1 nitrogen and oxygen atoms in total. The molecule has 0 saturated heterocycles. The summed E-state index contributed by atoms with van der Waals surface area (Å²) < 4.78 is 0. The lowest BCUT2D eigenvalue weighted by molar-refractivity contribution is 0.216. The van der Waals surface area contributed by atoms with Gasteiger partial charge < -0.3 is 5.73 Å². The lowest BCUT2D eigenvalue weighted by Gasteiger charge is -2.30. The van der Waals surface area contributed by atoms with Crippen LogP contribution in [0.3, 0.4) is 0 Å². The first kappa shape index (κ1) is 11.8. The van der Waals surface area contributed by atoms with E-state index in [1.54, 1.807) is 0 Å². The maximum Gasteiger partial charge on any atom is 0.0281 e. The van der Waals surface area contributed by atoms with E-state index < -0.39 is 0 Å². The molecule has 14 heavy (non-hydrogen) atoms. The second-order valence-corrected chi connectivity index (χ2v) is 6.46. The third-order valence-corrected chi connectivity index (χ3v) is 3.50. The monoisotopic (exact) mass is 195 g/mol. The highest BCUT2D eigenvalue weighted by Gasteiger charge is 2.50. The SMILES string of the molecule is CC(C)(N)C=CCC1(C(C)(C)C)CC1. The molecule has 1 heteroatoms. The highest BCUT2D eigenvalue weighted by atomic mass is 14.7. The summed E-state index contributed by atoms with van der Waals surface area (Å²) in [5, 5.41) is 0. The van der Waals surface area contributed by atoms with E-state index in [9.17, 15) is 0 Å². The van der Waals surface area contributed by atoms with Gasteiger partial charge in [0.15, 0.2) is 0 Å². The summed E-state index contributed by atoms with van der Waals surface area (Å²) in [6.45, 7) is 11.1. The van der Waals surface area contributed by atoms with Crippen molar-refractivity contribution in [2.45, 2.75) is 59.4 Å². The highest BCUT2D eigenvalue weighted by Crippen LogP contribution is 2.60. The Balaban J connectivity index is 2.51. The van der Waals surface area contributed by atoms with Crippen molar-refractivity contribution in [1.82, 2.24) is 0 Å².